The molecule has 0 fully saturated rings. The second-order valence-corrected chi connectivity index (χ2v) is 2.96. The van der Waals surface area contributed by atoms with Gasteiger partial charge in [0.2, 0.25) is 5.91 Å². The predicted octanol–water partition coefficient (Wildman–Crippen LogP) is 1.83. The molecular weight excluding hydrogens is 162 g/mol. The number of hydrogen-bond donors (Lipinski definition) is 1. The summed E-state index contributed by atoms with van der Waals surface area (Å²) < 4.78 is 0. The molecule has 0 saturated heterocycles. The topological polar surface area (TPSA) is 43.1 Å². The predicted molar refractivity (Wildman–Crippen MR) is 53.2 cm³/mol. The number of amides is 1. The largest absolute Gasteiger partial charge is 0.366 e. The molecule has 1 amide bonds. The minimum atomic E-state index is -0.400. The van der Waals surface area contributed by atoms with E-state index in [1.54, 1.807) is 6.08 Å². The molecule has 0 bridgehead atoms. The lowest BCUT2D eigenvalue weighted by atomic mass is 10.0. The SMILES string of the molecule is CC(C=CC(N)=O)c1ccccc1. The van der Waals surface area contributed by atoms with Gasteiger partial charge in [0.15, 0.2) is 0 Å². The molecule has 0 radical (unpaired) electrons. The number of nitrogens with two attached hydrogens (primary N) is 1. The van der Waals surface area contributed by atoms with Crippen molar-refractivity contribution in [3.63, 3.8) is 0 Å². The van der Waals surface area contributed by atoms with Crippen LogP contribution in [0.1, 0.15) is 18.4 Å². The third-order valence-electron chi connectivity index (χ3n) is 1.87. The highest BCUT2D eigenvalue weighted by Crippen LogP contribution is 2.15. The van der Waals surface area contributed by atoms with E-state index in [2.05, 4.69) is 0 Å². The third kappa shape index (κ3) is 3.11. The normalized spacial score (nSPS) is 13.0. The summed E-state index contributed by atoms with van der Waals surface area (Å²) in [5, 5.41) is 0. The monoisotopic (exact) mass is 175 g/mol. The van der Waals surface area contributed by atoms with Crippen molar-refractivity contribution in [3.8, 4) is 0 Å². The highest BCUT2D eigenvalue weighted by Gasteiger charge is 1.99. The Morgan fingerprint density at radius 1 is 1.38 bits per heavy atom. The zero-order valence-electron chi connectivity index (χ0n) is 7.60. The van der Waals surface area contributed by atoms with Crippen LogP contribution < -0.4 is 5.73 Å². The fourth-order valence-electron chi connectivity index (χ4n) is 1.11. The van der Waals surface area contributed by atoms with E-state index in [4.69, 9.17) is 5.73 Å². The van der Waals surface area contributed by atoms with Crippen LogP contribution in [-0.2, 0) is 4.79 Å². The molecule has 1 aromatic carbocycles. The van der Waals surface area contributed by atoms with Gasteiger partial charge in [0.05, 0.1) is 0 Å². The van der Waals surface area contributed by atoms with E-state index >= 15 is 0 Å². The molecule has 0 aliphatic carbocycles. The summed E-state index contributed by atoms with van der Waals surface area (Å²) in [4.78, 5) is 10.5. The van der Waals surface area contributed by atoms with Crippen LogP contribution in [0.2, 0.25) is 0 Å². The maximum absolute atomic E-state index is 10.5. The van der Waals surface area contributed by atoms with Crippen molar-refractivity contribution in [2.24, 2.45) is 5.73 Å². The summed E-state index contributed by atoms with van der Waals surface area (Å²) in [7, 11) is 0. The Kier molecular flexibility index (Phi) is 3.26. The van der Waals surface area contributed by atoms with Gasteiger partial charge in [-0.2, -0.15) is 0 Å². The number of primary amides is 1. The number of allylic oxidation sites excluding steroid dienone is 1. The molecule has 2 heteroatoms. The highest BCUT2D eigenvalue weighted by atomic mass is 16.1. The van der Waals surface area contributed by atoms with Gasteiger partial charge in [-0.05, 0) is 17.6 Å². The van der Waals surface area contributed by atoms with Crippen molar-refractivity contribution in [2.75, 3.05) is 0 Å². The molecule has 0 aliphatic rings. The fourth-order valence-corrected chi connectivity index (χ4v) is 1.11. The second kappa shape index (κ2) is 4.45. The average molecular weight is 175 g/mol. The number of hydrogen-bond acceptors (Lipinski definition) is 1. The quantitative estimate of drug-likeness (QED) is 0.700. The summed E-state index contributed by atoms with van der Waals surface area (Å²) in [5.74, 6) is -0.170. The van der Waals surface area contributed by atoms with E-state index < -0.39 is 5.91 Å². The second-order valence-electron chi connectivity index (χ2n) is 2.96. The van der Waals surface area contributed by atoms with Gasteiger partial charge >= 0.3 is 0 Å². The van der Waals surface area contributed by atoms with Gasteiger partial charge in [-0.1, -0.05) is 43.3 Å². The molecule has 0 aliphatic heterocycles. The molecule has 1 atom stereocenters. The zero-order valence-corrected chi connectivity index (χ0v) is 7.60. The lowest BCUT2D eigenvalue weighted by Crippen LogP contribution is -2.06. The molecule has 0 aromatic heterocycles. The van der Waals surface area contributed by atoms with Crippen LogP contribution in [0.4, 0.5) is 0 Å². The summed E-state index contributed by atoms with van der Waals surface area (Å²) in [5.41, 5.74) is 6.17. The Labute approximate surface area is 78.1 Å². The van der Waals surface area contributed by atoms with Gasteiger partial charge in [0.25, 0.3) is 0 Å². The van der Waals surface area contributed by atoms with E-state index in [1.165, 1.54) is 11.6 Å². The number of benzene rings is 1. The Morgan fingerprint density at radius 3 is 2.54 bits per heavy atom. The molecule has 2 nitrogen and oxygen atoms in total. The van der Waals surface area contributed by atoms with E-state index in [1.807, 2.05) is 37.3 Å². The van der Waals surface area contributed by atoms with E-state index in [0.717, 1.165) is 0 Å². The maximum atomic E-state index is 10.5. The molecular formula is C11H13NO. The summed E-state index contributed by atoms with van der Waals surface area (Å²) in [6.45, 7) is 2.02. The number of rotatable bonds is 3. The smallest absolute Gasteiger partial charge is 0.241 e. The molecule has 68 valence electrons. The minimum Gasteiger partial charge on any atom is -0.366 e. The van der Waals surface area contributed by atoms with Gasteiger partial charge < -0.3 is 5.73 Å². The summed E-state index contributed by atoms with van der Waals surface area (Å²) >= 11 is 0. The van der Waals surface area contributed by atoms with Crippen molar-refractivity contribution < 1.29 is 4.79 Å². The van der Waals surface area contributed by atoms with E-state index in [9.17, 15) is 4.79 Å². The third-order valence-corrected chi connectivity index (χ3v) is 1.87. The Balaban J connectivity index is 2.69. The van der Waals surface area contributed by atoms with Crippen molar-refractivity contribution in [1.29, 1.82) is 0 Å². The van der Waals surface area contributed by atoms with Gasteiger partial charge in [0.1, 0.15) is 0 Å². The van der Waals surface area contributed by atoms with Crippen LogP contribution >= 0.6 is 0 Å². The van der Waals surface area contributed by atoms with Crippen LogP contribution in [0.3, 0.4) is 0 Å². The summed E-state index contributed by atoms with van der Waals surface area (Å²) in [6, 6.07) is 9.97. The van der Waals surface area contributed by atoms with Crippen LogP contribution in [-0.4, -0.2) is 5.91 Å². The lowest BCUT2D eigenvalue weighted by Gasteiger charge is -2.04. The van der Waals surface area contributed by atoms with Crippen molar-refractivity contribution in [3.05, 3.63) is 48.0 Å². The molecule has 13 heavy (non-hydrogen) atoms. The van der Waals surface area contributed by atoms with Crippen molar-refractivity contribution in [1.82, 2.24) is 0 Å². The fraction of sp³-hybridized carbons (Fsp3) is 0.182. The van der Waals surface area contributed by atoms with Gasteiger partial charge in [-0.3, -0.25) is 4.79 Å². The molecule has 0 spiro atoms. The minimum absolute atomic E-state index is 0.230. The lowest BCUT2D eigenvalue weighted by molar-refractivity contribution is -0.113. The van der Waals surface area contributed by atoms with Crippen LogP contribution in [0.15, 0.2) is 42.5 Å². The van der Waals surface area contributed by atoms with Crippen molar-refractivity contribution in [2.45, 2.75) is 12.8 Å². The number of carbonyl (C=O) groups excluding carboxylic acids is 1. The van der Waals surface area contributed by atoms with Crippen LogP contribution in [0.25, 0.3) is 0 Å². The molecule has 1 aromatic rings. The first-order valence-electron chi connectivity index (χ1n) is 4.22. The maximum Gasteiger partial charge on any atom is 0.241 e. The average Bonchev–Trinajstić information content (AvgIpc) is 2.15. The van der Waals surface area contributed by atoms with Crippen molar-refractivity contribution >= 4 is 5.91 Å². The zero-order chi connectivity index (χ0) is 9.68. The highest BCUT2D eigenvalue weighted by molar-refractivity contribution is 5.85. The van der Waals surface area contributed by atoms with Gasteiger partial charge in [-0.15, -0.1) is 0 Å². The Hall–Kier alpha value is -1.57. The molecule has 2 N–H and O–H groups in total. The first-order chi connectivity index (χ1) is 6.20. The van der Waals surface area contributed by atoms with Crippen LogP contribution in [0.5, 0.6) is 0 Å². The molecule has 1 unspecified atom stereocenters. The van der Waals surface area contributed by atoms with E-state index in [-0.39, 0.29) is 5.92 Å². The molecule has 0 heterocycles. The Morgan fingerprint density at radius 2 is 2.00 bits per heavy atom. The number of carbonyl (C=O) groups is 1. The molecule has 0 saturated carbocycles. The first kappa shape index (κ1) is 9.52. The van der Waals surface area contributed by atoms with Gasteiger partial charge in [-0.25, -0.2) is 0 Å². The van der Waals surface area contributed by atoms with Gasteiger partial charge in [0, 0.05) is 0 Å². The first-order valence-corrected chi connectivity index (χ1v) is 4.22. The standard InChI is InChI=1S/C11H13NO/c1-9(7-8-11(12)13)10-5-3-2-4-6-10/h2-9H,1H3,(H2,12,13). The van der Waals surface area contributed by atoms with E-state index in [0.29, 0.717) is 0 Å². The molecule has 1 rings (SSSR count). The van der Waals surface area contributed by atoms with Crippen LogP contribution in [0, 0.1) is 0 Å². The Bertz CT molecular complexity index is 303. The summed E-state index contributed by atoms with van der Waals surface area (Å²) in [6.07, 6.45) is 3.20.